The minimum absolute atomic E-state index is 0.971. The van der Waals surface area contributed by atoms with Crippen LogP contribution in [0.1, 0.15) is 33.3 Å². The smallest absolute Gasteiger partial charge is 0.116 e. The Hall–Kier alpha value is -1.70. The first-order valence-electron chi connectivity index (χ1n) is 6.19. The highest BCUT2D eigenvalue weighted by atomic mass is 14.8. The van der Waals surface area contributed by atoms with Crippen LogP contribution in [0.25, 0.3) is 11.3 Å². The molecule has 0 radical (unpaired) electrons. The Balaban J connectivity index is 0.000000581. The fourth-order valence-corrected chi connectivity index (χ4v) is 1.27. The van der Waals surface area contributed by atoms with Crippen LogP contribution >= 0.6 is 0 Å². The van der Waals surface area contributed by atoms with Crippen molar-refractivity contribution in [2.45, 2.75) is 34.6 Å². The molecule has 0 aliphatic heterocycles. The van der Waals surface area contributed by atoms with Crippen molar-refractivity contribution in [3.05, 3.63) is 48.4 Å². The second-order valence-electron chi connectivity index (χ2n) is 2.96. The highest BCUT2D eigenvalue weighted by molar-refractivity contribution is 5.59. The molecule has 0 aliphatic rings. The molecule has 2 heteroatoms. The van der Waals surface area contributed by atoms with E-state index < -0.39 is 0 Å². The molecule has 0 saturated heterocycles. The normalized spacial score (nSPS) is 8.29. The van der Waals surface area contributed by atoms with E-state index in [-0.39, 0.29) is 0 Å². The molecule has 0 aliphatic carbocycles. The van der Waals surface area contributed by atoms with Crippen molar-refractivity contribution in [2.75, 3.05) is 0 Å². The second kappa shape index (κ2) is 9.52. The van der Waals surface area contributed by atoms with Crippen LogP contribution in [0.2, 0.25) is 0 Å². The Labute approximate surface area is 105 Å². The summed E-state index contributed by atoms with van der Waals surface area (Å²) < 4.78 is 0. The summed E-state index contributed by atoms with van der Waals surface area (Å²) in [5, 5.41) is 0. The van der Waals surface area contributed by atoms with Crippen LogP contribution in [0.4, 0.5) is 0 Å². The molecule has 0 N–H and O–H groups in total. The lowest BCUT2D eigenvalue weighted by atomic mass is 10.1. The van der Waals surface area contributed by atoms with E-state index in [2.05, 4.69) is 35.1 Å². The lowest BCUT2D eigenvalue weighted by molar-refractivity contribution is 1.17. The van der Waals surface area contributed by atoms with Crippen molar-refractivity contribution < 1.29 is 0 Å². The fraction of sp³-hybridized carbons (Fsp3) is 0.333. The molecule has 0 unspecified atom stereocenters. The second-order valence-corrected chi connectivity index (χ2v) is 2.96. The summed E-state index contributed by atoms with van der Waals surface area (Å²) in [5.41, 5.74) is 3.36. The summed E-state index contributed by atoms with van der Waals surface area (Å²) in [6.07, 6.45) is 3.32. The molecule has 92 valence electrons. The molecule has 0 atom stereocenters. The van der Waals surface area contributed by atoms with Crippen molar-refractivity contribution in [1.82, 2.24) is 9.97 Å². The summed E-state index contributed by atoms with van der Waals surface area (Å²) in [6.45, 7) is 10.1. The van der Waals surface area contributed by atoms with Gasteiger partial charge in [0.1, 0.15) is 6.33 Å². The Morgan fingerprint density at radius 2 is 1.65 bits per heavy atom. The van der Waals surface area contributed by atoms with Crippen molar-refractivity contribution in [1.29, 1.82) is 0 Å². The molecule has 1 aromatic carbocycles. The van der Waals surface area contributed by atoms with Crippen molar-refractivity contribution >= 4 is 0 Å². The summed E-state index contributed by atoms with van der Waals surface area (Å²) in [4.78, 5) is 8.06. The van der Waals surface area contributed by atoms with Gasteiger partial charge in [0.05, 0.1) is 5.69 Å². The summed E-state index contributed by atoms with van der Waals surface area (Å²) in [7, 11) is 0. The Kier molecular flexibility index (Phi) is 8.57. The molecule has 1 heterocycles. The van der Waals surface area contributed by atoms with Crippen LogP contribution in [0.3, 0.4) is 0 Å². The lowest BCUT2D eigenvalue weighted by Crippen LogP contribution is -1.83. The summed E-state index contributed by atoms with van der Waals surface area (Å²) in [6, 6.07) is 10.2. The number of aromatic nitrogens is 2. The maximum Gasteiger partial charge on any atom is 0.116 e. The molecular weight excluding hydrogens is 208 g/mol. The molecule has 0 saturated carbocycles. The van der Waals surface area contributed by atoms with E-state index in [1.54, 1.807) is 12.5 Å². The first-order valence-corrected chi connectivity index (χ1v) is 6.19. The van der Waals surface area contributed by atoms with E-state index in [1.165, 1.54) is 5.56 Å². The van der Waals surface area contributed by atoms with Gasteiger partial charge >= 0.3 is 0 Å². The molecule has 17 heavy (non-hydrogen) atoms. The predicted octanol–water partition coefficient (Wildman–Crippen LogP) is 4.50. The number of nitrogens with zero attached hydrogens (tertiary/aromatic N) is 2. The van der Waals surface area contributed by atoms with Gasteiger partial charge in [-0.3, -0.25) is 0 Å². The zero-order valence-corrected chi connectivity index (χ0v) is 11.4. The maximum absolute atomic E-state index is 4.18. The predicted molar refractivity (Wildman–Crippen MR) is 74.9 cm³/mol. The monoisotopic (exact) mass is 230 g/mol. The maximum atomic E-state index is 4.18. The van der Waals surface area contributed by atoms with Crippen LogP contribution in [0, 0.1) is 6.92 Å². The van der Waals surface area contributed by atoms with E-state index in [4.69, 9.17) is 0 Å². The van der Waals surface area contributed by atoms with Crippen LogP contribution in [0.15, 0.2) is 42.9 Å². The number of rotatable bonds is 1. The van der Waals surface area contributed by atoms with Gasteiger partial charge in [-0.15, -0.1) is 0 Å². The van der Waals surface area contributed by atoms with Crippen LogP contribution in [-0.4, -0.2) is 9.97 Å². The molecule has 0 spiro atoms. The minimum atomic E-state index is 0.971. The number of hydrogen-bond acceptors (Lipinski definition) is 2. The number of aryl methyl sites for hydroxylation is 1. The van der Waals surface area contributed by atoms with E-state index in [0.717, 1.165) is 11.3 Å². The quantitative estimate of drug-likeness (QED) is 0.720. The first-order chi connectivity index (χ1) is 8.36. The molecule has 2 nitrogen and oxygen atoms in total. The van der Waals surface area contributed by atoms with Gasteiger partial charge in [0.25, 0.3) is 0 Å². The average molecular weight is 230 g/mol. The summed E-state index contributed by atoms with van der Waals surface area (Å²) in [5.74, 6) is 0. The Bertz CT molecular complexity index is 397. The molecule has 1 aromatic heterocycles. The standard InChI is InChI=1S/C11H10N2.2C2H6/c1-9-3-2-4-10(7-9)11-5-6-12-8-13-11;2*1-2/h2-8H,1H3;2*1-2H3. The zero-order valence-electron chi connectivity index (χ0n) is 11.4. The molecule has 2 aromatic rings. The Morgan fingerprint density at radius 3 is 2.18 bits per heavy atom. The van der Waals surface area contributed by atoms with Crippen molar-refractivity contribution in [3.8, 4) is 11.3 Å². The fourth-order valence-electron chi connectivity index (χ4n) is 1.27. The lowest BCUT2D eigenvalue weighted by Gasteiger charge is -1.99. The highest BCUT2D eigenvalue weighted by Crippen LogP contribution is 2.16. The first kappa shape index (κ1) is 15.3. The third-order valence-electron chi connectivity index (χ3n) is 1.90. The van der Waals surface area contributed by atoms with Crippen molar-refractivity contribution in [3.63, 3.8) is 0 Å². The Morgan fingerprint density at radius 1 is 0.941 bits per heavy atom. The van der Waals surface area contributed by atoms with Gasteiger partial charge < -0.3 is 0 Å². The third-order valence-corrected chi connectivity index (χ3v) is 1.90. The SMILES string of the molecule is CC.CC.Cc1cccc(-c2ccncn2)c1. The number of benzene rings is 1. The van der Waals surface area contributed by atoms with Gasteiger partial charge in [0, 0.05) is 11.8 Å². The van der Waals surface area contributed by atoms with E-state index in [1.807, 2.05) is 39.8 Å². The van der Waals surface area contributed by atoms with Crippen molar-refractivity contribution in [2.24, 2.45) is 0 Å². The van der Waals surface area contributed by atoms with Crippen LogP contribution < -0.4 is 0 Å². The van der Waals surface area contributed by atoms with Crippen LogP contribution in [-0.2, 0) is 0 Å². The summed E-state index contributed by atoms with van der Waals surface area (Å²) >= 11 is 0. The molecule has 0 fully saturated rings. The molecule has 0 bridgehead atoms. The van der Waals surface area contributed by atoms with Gasteiger partial charge in [0.15, 0.2) is 0 Å². The van der Waals surface area contributed by atoms with Gasteiger partial charge in [-0.1, -0.05) is 51.5 Å². The topological polar surface area (TPSA) is 25.8 Å². The third kappa shape index (κ3) is 5.25. The zero-order chi connectivity index (χ0) is 13.1. The molecule has 2 rings (SSSR count). The van der Waals surface area contributed by atoms with E-state index in [9.17, 15) is 0 Å². The molecule has 0 amide bonds. The minimum Gasteiger partial charge on any atom is -0.245 e. The average Bonchev–Trinajstić information content (AvgIpc) is 2.44. The highest BCUT2D eigenvalue weighted by Gasteiger charge is 1.96. The van der Waals surface area contributed by atoms with E-state index in [0.29, 0.717) is 0 Å². The van der Waals surface area contributed by atoms with Gasteiger partial charge in [-0.05, 0) is 19.1 Å². The van der Waals surface area contributed by atoms with E-state index >= 15 is 0 Å². The molecular formula is C15H22N2. The van der Waals surface area contributed by atoms with Crippen LogP contribution in [0.5, 0.6) is 0 Å². The van der Waals surface area contributed by atoms with Gasteiger partial charge in [-0.25, -0.2) is 9.97 Å². The largest absolute Gasteiger partial charge is 0.245 e. The number of hydrogen-bond donors (Lipinski definition) is 0. The van der Waals surface area contributed by atoms with Gasteiger partial charge in [-0.2, -0.15) is 0 Å². The van der Waals surface area contributed by atoms with Gasteiger partial charge in [0.2, 0.25) is 0 Å².